The number of ether oxygens (including phenoxy) is 2. The first-order valence-corrected chi connectivity index (χ1v) is 16.6. The van der Waals surface area contributed by atoms with Crippen molar-refractivity contribution in [3.63, 3.8) is 0 Å². The van der Waals surface area contributed by atoms with Gasteiger partial charge in [-0.2, -0.15) is 0 Å². The Morgan fingerprint density at radius 1 is 0.860 bits per heavy atom. The Labute approximate surface area is 262 Å². The molecule has 3 aromatic carbocycles. The second-order valence-corrected chi connectivity index (χ2v) is 13.1. The third-order valence-corrected chi connectivity index (χ3v) is 9.31. The molecule has 3 aromatic rings. The minimum atomic E-state index is -0.901. The van der Waals surface area contributed by atoms with Gasteiger partial charge in [-0.05, 0) is 0 Å². The number of esters is 1. The zero-order chi connectivity index (χ0) is 31.4. The second kappa shape index (κ2) is 13.8. The number of nitrogens with one attached hydrogen (secondary N) is 1. The van der Waals surface area contributed by atoms with Gasteiger partial charge in [0, 0.05) is 0 Å². The predicted octanol–water partition coefficient (Wildman–Crippen LogP) is 6.17. The fourth-order valence-corrected chi connectivity index (χ4v) is 7.99. The molecule has 1 fully saturated rings. The van der Waals surface area contributed by atoms with E-state index in [1.165, 1.54) is 49.1 Å². The van der Waals surface area contributed by atoms with Gasteiger partial charge in [-0.1, -0.05) is 0 Å². The maximum atomic E-state index is 12.4. The zero-order valence-corrected chi connectivity index (χ0v) is 28.4. The van der Waals surface area contributed by atoms with Gasteiger partial charge in [-0.15, -0.1) is 0 Å². The number of hydrogen-bond acceptors (Lipinski definition) is 6. The van der Waals surface area contributed by atoms with E-state index < -0.39 is 28.1 Å². The molecule has 0 spiro atoms. The van der Waals surface area contributed by atoms with Crippen LogP contribution in [0.5, 0.6) is 5.75 Å². The van der Waals surface area contributed by atoms with Crippen LogP contribution < -0.4 is 19.9 Å². The van der Waals surface area contributed by atoms with Gasteiger partial charge in [0.2, 0.25) is 0 Å². The van der Waals surface area contributed by atoms with Crippen LogP contribution in [0.25, 0.3) is 0 Å². The van der Waals surface area contributed by atoms with Crippen LogP contribution >= 0.6 is 0 Å². The summed E-state index contributed by atoms with van der Waals surface area (Å²) in [5.74, 6) is -0.959. The topological polar surface area (TPSA) is 71.1 Å². The summed E-state index contributed by atoms with van der Waals surface area (Å²) in [7, 11) is 0. The fraction of sp³-hybridized carbons (Fsp3) is 0.371. The van der Waals surface area contributed by atoms with Crippen LogP contribution in [0.1, 0.15) is 59.7 Å². The molecular weight excluding hydrogens is 627 g/mol. The normalized spacial score (nSPS) is 13.0. The second-order valence-electron chi connectivity index (χ2n) is 11.4. The molecule has 1 aliphatic rings. The van der Waals surface area contributed by atoms with Crippen LogP contribution in [0.15, 0.2) is 42.5 Å². The van der Waals surface area contributed by atoms with Gasteiger partial charge in [-0.3, -0.25) is 0 Å². The van der Waals surface area contributed by atoms with Crippen LogP contribution in [-0.4, -0.2) is 46.6 Å². The van der Waals surface area contributed by atoms with Crippen molar-refractivity contribution in [2.45, 2.75) is 68.4 Å². The first kappa shape index (κ1) is 32.3. The SMILES string of the molecule is CCOC(=O)C(=O)Nc1ccc(OC(C)C)c([CH]=[Ru]=[C]2N(c3c(C)cc(C)cc3C)CCN2c2c(C)cc(C)cc2C)c1. The Balaban J connectivity index is 1.89. The zero-order valence-electron chi connectivity index (χ0n) is 26.7. The van der Waals surface area contributed by atoms with Crippen LogP contribution in [0.4, 0.5) is 17.1 Å². The summed E-state index contributed by atoms with van der Waals surface area (Å²) in [5, 5.41) is 2.68. The van der Waals surface area contributed by atoms with Gasteiger partial charge < -0.3 is 0 Å². The van der Waals surface area contributed by atoms with E-state index in [1.807, 2.05) is 26.0 Å². The Bertz CT molecular complexity index is 1510. The molecule has 1 heterocycles. The first-order valence-electron chi connectivity index (χ1n) is 14.7. The molecule has 0 saturated carbocycles. The van der Waals surface area contributed by atoms with E-state index in [9.17, 15) is 9.59 Å². The Hall–Kier alpha value is -3.64. The average Bonchev–Trinajstić information content (AvgIpc) is 3.30. The maximum absolute atomic E-state index is 12.4. The van der Waals surface area contributed by atoms with Crippen molar-refractivity contribution in [1.82, 2.24) is 0 Å². The molecule has 230 valence electrons. The van der Waals surface area contributed by atoms with Gasteiger partial charge in [0.15, 0.2) is 0 Å². The summed E-state index contributed by atoms with van der Waals surface area (Å²) in [6.45, 7) is 20.7. The van der Waals surface area contributed by atoms with Gasteiger partial charge in [0.05, 0.1) is 0 Å². The van der Waals surface area contributed by atoms with Crippen LogP contribution in [0, 0.1) is 41.5 Å². The van der Waals surface area contributed by atoms with E-state index in [0.717, 1.165) is 24.4 Å². The van der Waals surface area contributed by atoms with Crippen molar-refractivity contribution in [3.8, 4) is 5.75 Å². The monoisotopic (exact) mass is 671 g/mol. The van der Waals surface area contributed by atoms with Gasteiger partial charge in [-0.25, -0.2) is 0 Å². The summed E-state index contributed by atoms with van der Waals surface area (Å²) >= 11 is -0.452. The Kier molecular flexibility index (Phi) is 10.3. The van der Waals surface area contributed by atoms with E-state index in [-0.39, 0.29) is 12.7 Å². The molecule has 0 unspecified atom stereocenters. The van der Waals surface area contributed by atoms with Crippen molar-refractivity contribution < 1.29 is 35.3 Å². The molecule has 1 aliphatic heterocycles. The molecular formula is C35H43N3O4Ru. The molecule has 8 heteroatoms. The number of carbonyl (C=O) groups excluding carboxylic acids is 2. The van der Waals surface area contributed by atoms with Crippen molar-refractivity contribution in [3.05, 3.63) is 81.4 Å². The molecule has 43 heavy (non-hydrogen) atoms. The summed E-state index contributed by atoms with van der Waals surface area (Å²) in [6, 6.07) is 14.5. The van der Waals surface area contributed by atoms with Crippen LogP contribution in [-0.2, 0) is 30.5 Å². The molecule has 1 saturated heterocycles. The number of anilines is 3. The molecule has 0 atom stereocenters. The quantitative estimate of drug-likeness (QED) is 0.184. The number of hydrogen-bond donors (Lipinski definition) is 1. The average molecular weight is 671 g/mol. The van der Waals surface area contributed by atoms with Gasteiger partial charge in [0.1, 0.15) is 0 Å². The van der Waals surface area contributed by atoms with Crippen LogP contribution in [0.2, 0.25) is 0 Å². The number of nitrogens with zero attached hydrogens (tertiary/aromatic N) is 2. The third kappa shape index (κ3) is 7.48. The van der Waals surface area contributed by atoms with Gasteiger partial charge in [0.25, 0.3) is 0 Å². The van der Waals surface area contributed by atoms with E-state index in [0.29, 0.717) is 5.69 Å². The predicted molar refractivity (Wildman–Crippen MR) is 174 cm³/mol. The van der Waals surface area contributed by atoms with E-state index in [2.05, 4.69) is 85.5 Å². The molecule has 1 N–H and O–H groups in total. The number of rotatable bonds is 7. The third-order valence-electron chi connectivity index (χ3n) is 7.13. The molecule has 0 aromatic heterocycles. The standard InChI is InChI=1S/C21H26N2.C14H17NO4.Ru/c1-14-9-16(3)20(17(4)10-14)22-7-8-23(13-22)21-18(5)11-15(2)12-19(21)6;1-5-18-14(17)13(16)15-11-6-7-12(10(4)8-11)19-9(2)3;/h9-12H,7-8H2,1-6H3;4,6-9H,5H2,1-3H3,(H,15,16);. The van der Waals surface area contributed by atoms with Crippen molar-refractivity contribution >= 4 is 37.9 Å². The molecule has 7 nitrogen and oxygen atoms in total. The summed E-state index contributed by atoms with van der Waals surface area (Å²) < 4.78 is 14.6. The summed E-state index contributed by atoms with van der Waals surface area (Å²) in [5.41, 5.74) is 11.5. The van der Waals surface area contributed by atoms with Gasteiger partial charge >= 0.3 is 264 Å². The molecule has 1 amide bonds. The molecule has 4 rings (SSSR count). The number of aryl methyl sites for hydroxylation is 6. The number of benzene rings is 3. The van der Waals surface area contributed by atoms with E-state index >= 15 is 0 Å². The fourth-order valence-electron chi connectivity index (χ4n) is 5.78. The number of carbonyl (C=O) groups is 2. The first-order chi connectivity index (χ1) is 20.4. The van der Waals surface area contributed by atoms with Crippen LogP contribution in [0.3, 0.4) is 0 Å². The van der Waals surface area contributed by atoms with Crippen molar-refractivity contribution in [1.29, 1.82) is 0 Å². The Morgan fingerprint density at radius 3 is 1.84 bits per heavy atom. The van der Waals surface area contributed by atoms with E-state index in [1.54, 1.807) is 13.0 Å². The Morgan fingerprint density at radius 2 is 1.37 bits per heavy atom. The molecule has 0 bridgehead atoms. The summed E-state index contributed by atoms with van der Waals surface area (Å²) in [6.07, 6.45) is -0.0224. The molecule has 0 radical (unpaired) electrons. The van der Waals surface area contributed by atoms with E-state index in [4.69, 9.17) is 9.47 Å². The number of amides is 1. The van der Waals surface area contributed by atoms with Crippen molar-refractivity contribution in [2.24, 2.45) is 0 Å². The molecule has 0 aliphatic carbocycles. The summed E-state index contributed by atoms with van der Waals surface area (Å²) in [4.78, 5) is 29.3. The minimum absolute atomic E-state index is 0.0224. The van der Waals surface area contributed by atoms with Crippen molar-refractivity contribution in [2.75, 3.05) is 34.8 Å².